The van der Waals surface area contributed by atoms with Crippen LogP contribution in [0.1, 0.15) is 30.1 Å². The molecule has 1 fully saturated rings. The van der Waals surface area contributed by atoms with Crippen molar-refractivity contribution >= 4 is 11.9 Å². The molecule has 0 atom stereocenters. The van der Waals surface area contributed by atoms with E-state index in [1.165, 1.54) is 21.7 Å². The number of aryl methyl sites for hydroxylation is 2. The highest BCUT2D eigenvalue weighted by Gasteiger charge is 2.29. The molecule has 33 heavy (non-hydrogen) atoms. The van der Waals surface area contributed by atoms with Gasteiger partial charge in [-0.2, -0.15) is 9.67 Å². The molecule has 0 spiro atoms. The van der Waals surface area contributed by atoms with E-state index in [0.29, 0.717) is 49.1 Å². The largest absolute Gasteiger partial charge is 0.341 e. The van der Waals surface area contributed by atoms with Crippen molar-refractivity contribution in [1.29, 1.82) is 0 Å². The average Bonchev–Trinajstić information content (AvgIpc) is 3.10. The number of piperidine rings is 1. The van der Waals surface area contributed by atoms with Gasteiger partial charge < -0.3 is 9.80 Å². The zero-order valence-electron chi connectivity index (χ0n) is 18.6. The monoisotopic (exact) mass is 459 g/mol. The molecule has 3 heterocycles. The van der Waals surface area contributed by atoms with Crippen molar-refractivity contribution in [1.82, 2.24) is 29.6 Å². The lowest BCUT2D eigenvalue weighted by molar-refractivity contribution is -0.135. The number of carbonyl (C=O) groups excluding carboxylic acids is 1. The lowest BCUT2D eigenvalue weighted by Gasteiger charge is -2.33. The summed E-state index contributed by atoms with van der Waals surface area (Å²) in [6.07, 6.45) is 2.22. The molecule has 0 unspecified atom stereocenters. The number of anilines is 1. The van der Waals surface area contributed by atoms with E-state index in [2.05, 4.69) is 20.1 Å². The molecule has 0 aliphatic carbocycles. The Morgan fingerprint density at radius 3 is 2.36 bits per heavy atom. The van der Waals surface area contributed by atoms with Gasteiger partial charge in [0.25, 0.3) is 0 Å². The van der Waals surface area contributed by atoms with Crippen LogP contribution in [0, 0.1) is 37.2 Å². The van der Waals surface area contributed by atoms with Crippen LogP contribution in [-0.4, -0.2) is 55.7 Å². The molecule has 0 N–H and O–H groups in total. The van der Waals surface area contributed by atoms with Crippen molar-refractivity contribution < 1.29 is 18.0 Å². The van der Waals surface area contributed by atoms with E-state index in [1.54, 1.807) is 20.9 Å². The van der Waals surface area contributed by atoms with Crippen molar-refractivity contribution in [2.45, 2.75) is 33.2 Å². The second kappa shape index (κ2) is 9.16. The minimum Gasteiger partial charge on any atom is -0.341 e. The first-order valence-electron chi connectivity index (χ1n) is 10.6. The van der Waals surface area contributed by atoms with Gasteiger partial charge in [-0.1, -0.05) is 0 Å². The Balaban J connectivity index is 1.41. The van der Waals surface area contributed by atoms with Gasteiger partial charge in [0.05, 0.1) is 6.20 Å². The number of nitrogens with zero attached hydrogens (tertiary/aromatic N) is 7. The third-order valence-electron chi connectivity index (χ3n) is 5.63. The van der Waals surface area contributed by atoms with Crippen LogP contribution in [0.2, 0.25) is 0 Å². The highest BCUT2D eigenvalue weighted by atomic mass is 19.1. The predicted octanol–water partition coefficient (Wildman–Crippen LogP) is 2.97. The molecule has 1 amide bonds. The van der Waals surface area contributed by atoms with Gasteiger partial charge in [0.15, 0.2) is 11.6 Å². The van der Waals surface area contributed by atoms with Crippen LogP contribution < -0.4 is 4.90 Å². The van der Waals surface area contributed by atoms with Gasteiger partial charge in [0, 0.05) is 38.7 Å². The van der Waals surface area contributed by atoms with Crippen LogP contribution in [0.3, 0.4) is 0 Å². The predicted molar refractivity (Wildman–Crippen MR) is 114 cm³/mol. The van der Waals surface area contributed by atoms with Crippen LogP contribution in [0.25, 0.3) is 5.82 Å². The van der Waals surface area contributed by atoms with E-state index in [1.807, 2.05) is 4.90 Å². The van der Waals surface area contributed by atoms with Gasteiger partial charge in [-0.05, 0) is 44.4 Å². The van der Waals surface area contributed by atoms with Crippen molar-refractivity contribution in [3.05, 3.63) is 59.1 Å². The summed E-state index contributed by atoms with van der Waals surface area (Å²) >= 11 is 0. The zero-order chi connectivity index (χ0) is 23.7. The molecule has 4 rings (SSSR count). The lowest BCUT2D eigenvalue weighted by Crippen LogP contribution is -2.41. The minimum absolute atomic E-state index is 0.0263. The number of rotatable bonds is 5. The molecular weight excluding hydrogens is 435 g/mol. The van der Waals surface area contributed by atoms with E-state index in [4.69, 9.17) is 0 Å². The first kappa shape index (κ1) is 22.7. The Labute approximate surface area is 189 Å². The zero-order valence-corrected chi connectivity index (χ0v) is 18.6. The van der Waals surface area contributed by atoms with Crippen molar-refractivity contribution in [3.8, 4) is 5.82 Å². The Morgan fingerprint density at radius 1 is 1.09 bits per heavy atom. The summed E-state index contributed by atoms with van der Waals surface area (Å²) in [5.41, 5.74) is 0.395. The van der Waals surface area contributed by atoms with E-state index in [9.17, 15) is 18.0 Å². The second-order valence-corrected chi connectivity index (χ2v) is 8.19. The molecule has 0 radical (unpaired) electrons. The quantitative estimate of drug-likeness (QED) is 0.584. The van der Waals surface area contributed by atoms with Gasteiger partial charge in [-0.25, -0.2) is 23.1 Å². The Hall–Kier alpha value is -3.50. The molecule has 3 aromatic rings. The molecule has 1 aliphatic rings. The normalized spacial score (nSPS) is 14.5. The number of aromatic nitrogens is 5. The Kier molecular flexibility index (Phi) is 6.30. The summed E-state index contributed by atoms with van der Waals surface area (Å²) in [5.74, 6) is -0.862. The topological polar surface area (TPSA) is 80.0 Å². The van der Waals surface area contributed by atoms with Gasteiger partial charge >= 0.3 is 0 Å². The number of hydrogen-bond donors (Lipinski definition) is 0. The Bertz CT molecular complexity index is 1150. The summed E-state index contributed by atoms with van der Waals surface area (Å²) in [6.45, 7) is 4.58. The highest BCUT2D eigenvalue weighted by Crippen LogP contribution is 2.24. The molecule has 174 valence electrons. The smallest absolute Gasteiger partial charge is 0.227 e. The maximum atomic E-state index is 14.4. The SMILES string of the molecule is Cc1nc(C)n(-c2nc(N3CCC(C(=O)N(C)Cc4cc(F)cc(F)c4)CC3)ncc2F)n1. The number of halogens is 3. The molecule has 1 saturated heterocycles. The lowest BCUT2D eigenvalue weighted by atomic mass is 9.95. The molecule has 1 aliphatic heterocycles. The van der Waals surface area contributed by atoms with Crippen LogP contribution >= 0.6 is 0 Å². The number of carbonyl (C=O) groups is 1. The van der Waals surface area contributed by atoms with Crippen molar-refractivity contribution in [2.24, 2.45) is 5.92 Å². The fourth-order valence-corrected chi connectivity index (χ4v) is 4.06. The Morgan fingerprint density at radius 2 is 1.76 bits per heavy atom. The average molecular weight is 459 g/mol. The van der Waals surface area contributed by atoms with E-state index in [-0.39, 0.29) is 24.2 Å². The fourth-order valence-electron chi connectivity index (χ4n) is 4.06. The van der Waals surface area contributed by atoms with Crippen LogP contribution in [0.15, 0.2) is 24.4 Å². The van der Waals surface area contributed by atoms with Gasteiger partial charge in [0.1, 0.15) is 23.3 Å². The molecule has 2 aromatic heterocycles. The molecule has 1 aromatic carbocycles. The molecule has 0 saturated carbocycles. The van der Waals surface area contributed by atoms with Gasteiger partial charge in [-0.3, -0.25) is 4.79 Å². The van der Waals surface area contributed by atoms with Gasteiger partial charge in [0.2, 0.25) is 11.9 Å². The molecular formula is C22H24F3N7O. The molecule has 8 nitrogen and oxygen atoms in total. The first-order valence-corrected chi connectivity index (χ1v) is 10.6. The van der Waals surface area contributed by atoms with E-state index in [0.717, 1.165) is 12.3 Å². The van der Waals surface area contributed by atoms with E-state index >= 15 is 0 Å². The summed E-state index contributed by atoms with van der Waals surface area (Å²) in [4.78, 5) is 28.9. The molecule has 11 heteroatoms. The number of benzene rings is 1. The maximum absolute atomic E-state index is 14.4. The maximum Gasteiger partial charge on any atom is 0.227 e. The van der Waals surface area contributed by atoms with Crippen LogP contribution in [0.4, 0.5) is 19.1 Å². The third kappa shape index (κ3) is 4.96. The van der Waals surface area contributed by atoms with Crippen molar-refractivity contribution in [2.75, 3.05) is 25.0 Å². The summed E-state index contributed by atoms with van der Waals surface area (Å²) < 4.78 is 42.6. The number of hydrogen-bond acceptors (Lipinski definition) is 6. The minimum atomic E-state index is -0.672. The highest BCUT2D eigenvalue weighted by molar-refractivity contribution is 5.78. The van der Waals surface area contributed by atoms with E-state index < -0.39 is 17.5 Å². The van der Waals surface area contributed by atoms with Crippen molar-refractivity contribution in [3.63, 3.8) is 0 Å². The third-order valence-corrected chi connectivity index (χ3v) is 5.63. The fraction of sp³-hybridized carbons (Fsp3) is 0.409. The summed E-state index contributed by atoms with van der Waals surface area (Å²) in [6, 6.07) is 3.24. The first-order chi connectivity index (χ1) is 15.7. The second-order valence-electron chi connectivity index (χ2n) is 8.19. The van der Waals surface area contributed by atoms with Crippen LogP contribution in [-0.2, 0) is 11.3 Å². The summed E-state index contributed by atoms with van der Waals surface area (Å²) in [5, 5.41) is 4.19. The standard InChI is InChI=1S/C22H24F3N7O/c1-13-27-14(2)32(29-13)20-19(25)11-26-22(28-20)31-6-4-16(5-7-31)21(33)30(3)12-15-8-17(23)10-18(24)9-15/h8-11,16H,4-7,12H2,1-3H3. The van der Waals surface area contributed by atoms with Gasteiger partial charge in [-0.15, -0.1) is 5.10 Å². The summed E-state index contributed by atoms with van der Waals surface area (Å²) in [7, 11) is 1.62. The number of amides is 1. The van der Waals surface area contributed by atoms with Crippen LogP contribution in [0.5, 0.6) is 0 Å². The molecule has 0 bridgehead atoms.